The molecule has 24 heavy (non-hydrogen) atoms. The van der Waals surface area contributed by atoms with Crippen LogP contribution >= 0.6 is 0 Å². The highest BCUT2D eigenvalue weighted by Gasteiger charge is 2.15. The van der Waals surface area contributed by atoms with Crippen LogP contribution in [0.1, 0.15) is 30.9 Å². The highest BCUT2D eigenvalue weighted by molar-refractivity contribution is 5.83. The van der Waals surface area contributed by atoms with Crippen molar-refractivity contribution in [2.24, 2.45) is 5.73 Å². The van der Waals surface area contributed by atoms with E-state index in [-0.39, 0.29) is 0 Å². The standard InChI is InChI=1S/C21H27N3/c1-3-24(4-2)18-11-9-16(10-12-18)13-17(14-22)20-15-23-21-8-6-5-7-19(20)21/h5-12,15,17,23H,3-4,13-14,22H2,1-2H3. The minimum Gasteiger partial charge on any atom is -0.372 e. The topological polar surface area (TPSA) is 45.0 Å². The van der Waals surface area contributed by atoms with Crippen molar-refractivity contribution < 1.29 is 0 Å². The van der Waals surface area contributed by atoms with Gasteiger partial charge in [-0.2, -0.15) is 0 Å². The van der Waals surface area contributed by atoms with Gasteiger partial charge < -0.3 is 15.6 Å². The maximum Gasteiger partial charge on any atom is 0.0456 e. The fourth-order valence-corrected chi connectivity index (χ4v) is 3.47. The SMILES string of the molecule is CCN(CC)c1ccc(CC(CN)c2c[nH]c3ccccc23)cc1. The van der Waals surface area contributed by atoms with Crippen molar-refractivity contribution in [1.29, 1.82) is 0 Å². The number of H-pyrrole nitrogens is 1. The summed E-state index contributed by atoms with van der Waals surface area (Å²) >= 11 is 0. The molecule has 3 N–H and O–H groups in total. The number of fused-ring (bicyclic) bond motifs is 1. The minimum absolute atomic E-state index is 0.334. The van der Waals surface area contributed by atoms with Crippen LogP contribution in [-0.4, -0.2) is 24.6 Å². The highest BCUT2D eigenvalue weighted by atomic mass is 15.1. The van der Waals surface area contributed by atoms with E-state index in [9.17, 15) is 0 Å². The number of anilines is 1. The molecule has 3 heteroatoms. The average molecular weight is 321 g/mol. The predicted octanol–water partition coefficient (Wildman–Crippen LogP) is 4.30. The lowest BCUT2D eigenvalue weighted by atomic mass is 9.91. The molecule has 0 aliphatic carbocycles. The first-order valence-electron chi connectivity index (χ1n) is 8.86. The summed E-state index contributed by atoms with van der Waals surface area (Å²) < 4.78 is 0. The molecule has 0 saturated carbocycles. The van der Waals surface area contributed by atoms with Gasteiger partial charge in [0, 0.05) is 41.8 Å². The first-order chi connectivity index (χ1) is 11.8. The minimum atomic E-state index is 0.334. The zero-order valence-electron chi connectivity index (χ0n) is 14.6. The monoisotopic (exact) mass is 321 g/mol. The Balaban J connectivity index is 1.80. The number of nitrogens with two attached hydrogens (primary N) is 1. The van der Waals surface area contributed by atoms with E-state index in [0.29, 0.717) is 12.5 Å². The summed E-state index contributed by atoms with van der Waals surface area (Å²) in [6.07, 6.45) is 3.09. The van der Waals surface area contributed by atoms with Gasteiger partial charge in [0.2, 0.25) is 0 Å². The van der Waals surface area contributed by atoms with Crippen LogP contribution in [0.15, 0.2) is 54.7 Å². The lowest BCUT2D eigenvalue weighted by molar-refractivity contribution is 0.699. The third-order valence-corrected chi connectivity index (χ3v) is 4.89. The Morgan fingerprint density at radius 1 is 1.00 bits per heavy atom. The first-order valence-corrected chi connectivity index (χ1v) is 8.86. The maximum atomic E-state index is 6.10. The summed E-state index contributed by atoms with van der Waals surface area (Å²) in [6.45, 7) is 7.12. The zero-order chi connectivity index (χ0) is 16.9. The summed E-state index contributed by atoms with van der Waals surface area (Å²) in [5, 5.41) is 1.28. The lowest BCUT2D eigenvalue weighted by Gasteiger charge is -2.21. The summed E-state index contributed by atoms with van der Waals surface area (Å²) in [5.41, 5.74) is 11.2. The van der Waals surface area contributed by atoms with Crippen molar-refractivity contribution in [3.8, 4) is 0 Å². The molecule has 1 unspecified atom stereocenters. The number of nitrogens with one attached hydrogen (secondary N) is 1. The predicted molar refractivity (Wildman–Crippen MR) is 104 cm³/mol. The number of nitrogens with zero attached hydrogens (tertiary/aromatic N) is 1. The molecule has 0 spiro atoms. The Kier molecular flexibility index (Phi) is 5.21. The van der Waals surface area contributed by atoms with Crippen LogP contribution in [0, 0.1) is 0 Å². The first kappa shape index (κ1) is 16.6. The second-order valence-electron chi connectivity index (χ2n) is 6.27. The van der Waals surface area contributed by atoms with E-state index in [2.05, 4.69) is 78.5 Å². The van der Waals surface area contributed by atoms with Crippen LogP contribution in [-0.2, 0) is 6.42 Å². The molecule has 3 rings (SSSR count). The normalized spacial score (nSPS) is 12.5. The van der Waals surface area contributed by atoms with Gasteiger partial charge in [0.25, 0.3) is 0 Å². The molecule has 3 nitrogen and oxygen atoms in total. The third kappa shape index (κ3) is 3.31. The molecule has 0 fully saturated rings. The zero-order valence-corrected chi connectivity index (χ0v) is 14.6. The van der Waals surface area contributed by atoms with Crippen molar-refractivity contribution in [2.75, 3.05) is 24.5 Å². The van der Waals surface area contributed by atoms with E-state index in [0.717, 1.165) is 19.5 Å². The van der Waals surface area contributed by atoms with Crippen LogP contribution in [0.5, 0.6) is 0 Å². The molecule has 1 heterocycles. The quantitative estimate of drug-likeness (QED) is 0.681. The second kappa shape index (κ2) is 7.54. The molecule has 0 aliphatic heterocycles. The Morgan fingerprint density at radius 3 is 2.38 bits per heavy atom. The Bertz CT molecular complexity index is 769. The number of rotatable bonds is 7. The molecule has 1 aromatic heterocycles. The maximum absolute atomic E-state index is 6.10. The van der Waals surface area contributed by atoms with E-state index >= 15 is 0 Å². The average Bonchev–Trinajstić information content (AvgIpc) is 3.06. The van der Waals surface area contributed by atoms with Crippen LogP contribution < -0.4 is 10.6 Å². The largest absolute Gasteiger partial charge is 0.372 e. The number of para-hydroxylation sites is 1. The molecule has 1 atom stereocenters. The number of benzene rings is 2. The van der Waals surface area contributed by atoms with Crippen LogP contribution in [0.3, 0.4) is 0 Å². The molecule has 0 aliphatic rings. The van der Waals surface area contributed by atoms with E-state index in [1.54, 1.807) is 0 Å². The molecule has 2 aromatic carbocycles. The number of hydrogen-bond acceptors (Lipinski definition) is 2. The van der Waals surface area contributed by atoms with Gasteiger partial charge in [-0.25, -0.2) is 0 Å². The molecule has 0 saturated heterocycles. The third-order valence-electron chi connectivity index (χ3n) is 4.89. The molecule has 3 aromatic rings. The van der Waals surface area contributed by atoms with Crippen LogP contribution in [0.25, 0.3) is 10.9 Å². The van der Waals surface area contributed by atoms with Crippen molar-refractivity contribution in [3.63, 3.8) is 0 Å². The Morgan fingerprint density at radius 2 is 1.71 bits per heavy atom. The molecule has 0 bridgehead atoms. The Labute approximate surface area is 144 Å². The van der Waals surface area contributed by atoms with Gasteiger partial charge in [0.15, 0.2) is 0 Å². The van der Waals surface area contributed by atoms with Crippen molar-refractivity contribution >= 4 is 16.6 Å². The van der Waals surface area contributed by atoms with Crippen molar-refractivity contribution in [2.45, 2.75) is 26.2 Å². The lowest BCUT2D eigenvalue weighted by Crippen LogP contribution is -2.21. The van der Waals surface area contributed by atoms with E-state index in [1.807, 2.05) is 0 Å². The van der Waals surface area contributed by atoms with E-state index in [1.165, 1.54) is 27.7 Å². The molecule has 0 radical (unpaired) electrons. The van der Waals surface area contributed by atoms with E-state index < -0.39 is 0 Å². The van der Waals surface area contributed by atoms with Gasteiger partial charge in [0.1, 0.15) is 0 Å². The van der Waals surface area contributed by atoms with Crippen LogP contribution in [0.4, 0.5) is 5.69 Å². The van der Waals surface area contributed by atoms with Gasteiger partial charge in [-0.3, -0.25) is 0 Å². The van der Waals surface area contributed by atoms with Gasteiger partial charge in [-0.05, 0) is 56.1 Å². The smallest absolute Gasteiger partial charge is 0.0456 e. The van der Waals surface area contributed by atoms with Gasteiger partial charge in [-0.15, -0.1) is 0 Å². The second-order valence-corrected chi connectivity index (χ2v) is 6.27. The number of aromatic nitrogens is 1. The summed E-state index contributed by atoms with van der Waals surface area (Å²) in [5.74, 6) is 0.334. The summed E-state index contributed by atoms with van der Waals surface area (Å²) in [4.78, 5) is 5.73. The number of hydrogen-bond donors (Lipinski definition) is 2. The van der Waals surface area contributed by atoms with Crippen molar-refractivity contribution in [3.05, 3.63) is 65.9 Å². The molecular formula is C21H27N3. The van der Waals surface area contributed by atoms with Gasteiger partial charge >= 0.3 is 0 Å². The molecule has 0 amide bonds. The molecule has 126 valence electrons. The highest BCUT2D eigenvalue weighted by Crippen LogP contribution is 2.28. The van der Waals surface area contributed by atoms with Gasteiger partial charge in [0.05, 0.1) is 0 Å². The number of aromatic amines is 1. The Hall–Kier alpha value is -2.26. The van der Waals surface area contributed by atoms with Crippen LogP contribution in [0.2, 0.25) is 0 Å². The van der Waals surface area contributed by atoms with E-state index in [4.69, 9.17) is 5.73 Å². The fourth-order valence-electron chi connectivity index (χ4n) is 3.47. The summed E-state index contributed by atoms with van der Waals surface area (Å²) in [6, 6.07) is 17.4. The van der Waals surface area contributed by atoms with Crippen molar-refractivity contribution in [1.82, 2.24) is 4.98 Å². The van der Waals surface area contributed by atoms with Gasteiger partial charge in [-0.1, -0.05) is 30.3 Å². The molecular weight excluding hydrogens is 294 g/mol. The summed E-state index contributed by atoms with van der Waals surface area (Å²) in [7, 11) is 0. The fraction of sp³-hybridized carbons (Fsp3) is 0.333.